The van der Waals surface area contributed by atoms with Crippen molar-refractivity contribution >= 4 is 23.4 Å². The molecule has 7 heteroatoms. The van der Waals surface area contributed by atoms with Crippen LogP contribution < -0.4 is 4.90 Å². The van der Waals surface area contributed by atoms with Crippen LogP contribution in [-0.4, -0.2) is 27.1 Å². The summed E-state index contributed by atoms with van der Waals surface area (Å²) < 4.78 is 26.4. The van der Waals surface area contributed by atoms with E-state index in [0.29, 0.717) is 11.3 Å². The van der Waals surface area contributed by atoms with Gasteiger partial charge in [-0.2, -0.15) is 0 Å². The number of thioether (sulfide) groups is 1. The number of aliphatic hydroxyl groups is 1. The van der Waals surface area contributed by atoms with Gasteiger partial charge in [-0.1, -0.05) is 24.3 Å². The van der Waals surface area contributed by atoms with Gasteiger partial charge in [-0.15, -0.1) is 11.8 Å². The van der Waals surface area contributed by atoms with Crippen molar-refractivity contribution < 1.29 is 23.8 Å². The van der Waals surface area contributed by atoms with Crippen molar-refractivity contribution in [3.8, 4) is 5.75 Å². The van der Waals surface area contributed by atoms with Gasteiger partial charge in [0.1, 0.15) is 22.6 Å². The standard InChI is InChI=1S/C23H19F2NO3S/c24-16-5-1-14(2-6-16)20(28)13-30-22-21(15-3-11-19(27)12-4-15)26(23(22)29)18-9-7-17(25)8-10-18/h1-12,20-22,27-28H,13H2/t20?,21-,22-/m0/s1. The fourth-order valence-corrected chi connectivity index (χ4v) is 4.79. The monoisotopic (exact) mass is 427 g/mol. The van der Waals surface area contributed by atoms with Gasteiger partial charge in [0, 0.05) is 11.4 Å². The molecule has 30 heavy (non-hydrogen) atoms. The number of hydrogen-bond donors (Lipinski definition) is 2. The molecule has 1 aliphatic rings. The summed E-state index contributed by atoms with van der Waals surface area (Å²) >= 11 is 1.32. The van der Waals surface area contributed by atoms with Crippen molar-refractivity contribution in [2.24, 2.45) is 0 Å². The SMILES string of the molecule is O=C1[C@@H](SCC(O)c2ccc(F)cc2)[C@H](c2ccc(O)cc2)N1c1ccc(F)cc1. The van der Waals surface area contributed by atoms with E-state index in [1.165, 1.54) is 48.2 Å². The van der Waals surface area contributed by atoms with Gasteiger partial charge in [0.15, 0.2) is 0 Å². The van der Waals surface area contributed by atoms with Crippen LogP contribution in [0.25, 0.3) is 0 Å². The number of benzene rings is 3. The number of halogens is 2. The highest BCUT2D eigenvalue weighted by Crippen LogP contribution is 2.46. The predicted molar refractivity (Wildman–Crippen MR) is 112 cm³/mol. The van der Waals surface area contributed by atoms with Gasteiger partial charge in [0.2, 0.25) is 5.91 Å². The smallest absolute Gasteiger partial charge is 0.243 e. The number of carbonyl (C=O) groups is 1. The number of aromatic hydroxyl groups is 1. The Morgan fingerprint density at radius 2 is 1.47 bits per heavy atom. The van der Waals surface area contributed by atoms with Crippen LogP contribution in [0.15, 0.2) is 72.8 Å². The maximum absolute atomic E-state index is 13.3. The second kappa shape index (κ2) is 8.45. The van der Waals surface area contributed by atoms with Crippen LogP contribution >= 0.6 is 11.8 Å². The molecule has 0 saturated carbocycles. The second-order valence-electron chi connectivity index (χ2n) is 7.04. The van der Waals surface area contributed by atoms with Crippen molar-refractivity contribution in [3.05, 3.63) is 95.6 Å². The minimum atomic E-state index is -0.844. The van der Waals surface area contributed by atoms with Crippen LogP contribution in [0.5, 0.6) is 5.75 Å². The third-order valence-corrected chi connectivity index (χ3v) is 6.40. The highest BCUT2D eigenvalue weighted by molar-refractivity contribution is 8.00. The Hall–Kier alpha value is -2.90. The molecule has 0 aromatic heterocycles. The first-order chi connectivity index (χ1) is 14.4. The number of nitrogens with zero attached hydrogens (tertiary/aromatic N) is 1. The molecule has 3 atom stereocenters. The number of carbonyl (C=O) groups excluding carboxylic acids is 1. The van der Waals surface area contributed by atoms with Gasteiger partial charge in [-0.05, 0) is 59.7 Å². The zero-order valence-electron chi connectivity index (χ0n) is 15.8. The van der Waals surface area contributed by atoms with E-state index in [0.717, 1.165) is 5.56 Å². The Labute approximate surface area is 176 Å². The van der Waals surface area contributed by atoms with Gasteiger partial charge in [0.25, 0.3) is 0 Å². The number of phenolic OH excluding ortho intramolecular Hbond substituents is 1. The van der Waals surface area contributed by atoms with Crippen LogP contribution in [0.4, 0.5) is 14.5 Å². The Bertz CT molecular complexity index is 1030. The molecule has 1 heterocycles. The molecule has 1 aliphatic heterocycles. The molecule has 1 amide bonds. The lowest BCUT2D eigenvalue weighted by Crippen LogP contribution is -2.57. The average molecular weight is 427 g/mol. The third-order valence-electron chi connectivity index (χ3n) is 5.07. The minimum absolute atomic E-state index is 0.119. The maximum Gasteiger partial charge on any atom is 0.243 e. The van der Waals surface area contributed by atoms with Crippen molar-refractivity contribution in [1.29, 1.82) is 0 Å². The number of rotatable bonds is 6. The van der Waals surface area contributed by atoms with Gasteiger partial charge in [-0.25, -0.2) is 8.78 Å². The van der Waals surface area contributed by atoms with Crippen molar-refractivity contribution in [1.82, 2.24) is 0 Å². The van der Waals surface area contributed by atoms with Gasteiger partial charge in [-0.3, -0.25) is 4.79 Å². The van der Waals surface area contributed by atoms with Crippen LogP contribution in [-0.2, 0) is 4.79 Å². The summed E-state index contributed by atoms with van der Waals surface area (Å²) in [5.74, 6) is -0.533. The molecule has 2 N–H and O–H groups in total. The van der Waals surface area contributed by atoms with Gasteiger partial charge >= 0.3 is 0 Å². The molecular weight excluding hydrogens is 408 g/mol. The first-order valence-electron chi connectivity index (χ1n) is 9.37. The maximum atomic E-state index is 13.3. The number of hydrogen-bond acceptors (Lipinski definition) is 4. The van der Waals surface area contributed by atoms with E-state index in [1.807, 2.05) is 0 Å². The average Bonchev–Trinajstić information content (AvgIpc) is 2.74. The number of anilines is 1. The van der Waals surface area contributed by atoms with Crippen molar-refractivity contribution in [2.75, 3.05) is 10.7 Å². The minimum Gasteiger partial charge on any atom is -0.508 e. The van der Waals surface area contributed by atoms with E-state index in [1.54, 1.807) is 41.3 Å². The first-order valence-corrected chi connectivity index (χ1v) is 10.4. The highest BCUT2D eigenvalue weighted by atomic mass is 32.2. The first kappa shape index (κ1) is 20.4. The summed E-state index contributed by atoms with van der Waals surface area (Å²) in [4.78, 5) is 14.5. The lowest BCUT2D eigenvalue weighted by Gasteiger charge is -2.47. The summed E-state index contributed by atoms with van der Waals surface area (Å²) in [5.41, 5.74) is 1.98. The molecule has 1 saturated heterocycles. The van der Waals surface area contributed by atoms with Crippen molar-refractivity contribution in [2.45, 2.75) is 17.4 Å². The third kappa shape index (κ3) is 4.04. The summed E-state index contributed by atoms with van der Waals surface area (Å²) in [5, 5.41) is 19.6. The molecular formula is C23H19F2NO3S. The number of aliphatic hydroxyl groups excluding tert-OH is 1. The van der Waals surface area contributed by atoms with Crippen LogP contribution in [0.1, 0.15) is 23.3 Å². The van der Waals surface area contributed by atoms with Crippen LogP contribution in [0.2, 0.25) is 0 Å². The number of β-lactam (4-membered cyclic amide) rings is 1. The molecule has 4 nitrogen and oxygen atoms in total. The molecule has 0 spiro atoms. The quantitative estimate of drug-likeness (QED) is 0.565. The van der Waals surface area contributed by atoms with E-state index in [9.17, 15) is 23.8 Å². The number of amides is 1. The summed E-state index contributed by atoms with van der Waals surface area (Å²) in [6, 6.07) is 17.6. The van der Waals surface area contributed by atoms with Gasteiger partial charge < -0.3 is 15.1 Å². The summed E-state index contributed by atoms with van der Waals surface area (Å²) in [6.07, 6.45) is -0.844. The Morgan fingerprint density at radius 1 is 0.900 bits per heavy atom. The highest BCUT2D eigenvalue weighted by Gasteiger charge is 2.49. The summed E-state index contributed by atoms with van der Waals surface area (Å²) in [7, 11) is 0. The Morgan fingerprint density at radius 3 is 2.07 bits per heavy atom. The second-order valence-corrected chi connectivity index (χ2v) is 8.22. The fourth-order valence-electron chi connectivity index (χ4n) is 3.49. The van der Waals surface area contributed by atoms with Gasteiger partial charge in [0.05, 0.1) is 12.1 Å². The zero-order valence-corrected chi connectivity index (χ0v) is 16.6. The predicted octanol–water partition coefficient (Wildman–Crippen LogP) is 4.59. The summed E-state index contributed by atoms with van der Waals surface area (Å²) in [6.45, 7) is 0. The largest absolute Gasteiger partial charge is 0.508 e. The van der Waals surface area contributed by atoms with E-state index in [-0.39, 0.29) is 35.1 Å². The lowest BCUT2D eigenvalue weighted by atomic mass is 9.92. The van der Waals surface area contributed by atoms with E-state index in [4.69, 9.17) is 0 Å². The normalized spacial score (nSPS) is 19.4. The molecule has 0 aliphatic carbocycles. The molecule has 4 rings (SSSR count). The lowest BCUT2D eigenvalue weighted by molar-refractivity contribution is -0.123. The molecule has 0 radical (unpaired) electrons. The molecule has 1 unspecified atom stereocenters. The molecule has 1 fully saturated rings. The number of phenols is 1. The molecule has 0 bridgehead atoms. The molecule has 154 valence electrons. The van der Waals surface area contributed by atoms with Crippen LogP contribution in [0.3, 0.4) is 0 Å². The zero-order chi connectivity index (χ0) is 21.3. The molecule has 3 aromatic carbocycles. The van der Waals surface area contributed by atoms with Crippen LogP contribution in [0, 0.1) is 11.6 Å². The van der Waals surface area contributed by atoms with E-state index >= 15 is 0 Å². The Kier molecular flexibility index (Phi) is 5.74. The Balaban J connectivity index is 1.55. The fraction of sp³-hybridized carbons (Fsp3) is 0.174. The van der Waals surface area contributed by atoms with E-state index < -0.39 is 11.4 Å². The van der Waals surface area contributed by atoms with E-state index in [2.05, 4.69) is 0 Å². The molecule has 3 aromatic rings. The van der Waals surface area contributed by atoms with Crippen molar-refractivity contribution in [3.63, 3.8) is 0 Å². The topological polar surface area (TPSA) is 60.8 Å².